The molecule has 2 aliphatic rings. The molecule has 1 N–H and O–H groups in total. The fraction of sp³-hybridized carbons (Fsp3) is 0.360. The van der Waals surface area contributed by atoms with Gasteiger partial charge in [0.15, 0.2) is 5.78 Å². The van der Waals surface area contributed by atoms with Crippen LogP contribution in [0.3, 0.4) is 0 Å². The largest absolute Gasteiger partial charge is 0.329 e. The van der Waals surface area contributed by atoms with Crippen LogP contribution in [0.25, 0.3) is 0 Å². The van der Waals surface area contributed by atoms with E-state index in [1.165, 1.54) is 16.7 Å². The van der Waals surface area contributed by atoms with Crippen LogP contribution in [0.4, 0.5) is 0 Å². The van der Waals surface area contributed by atoms with E-state index in [1.807, 2.05) is 0 Å². The predicted octanol–water partition coefficient (Wildman–Crippen LogP) is 4.82. The van der Waals surface area contributed by atoms with Gasteiger partial charge >= 0.3 is 0 Å². The molecule has 2 aromatic rings. The molecule has 4 rings (SSSR count). The van der Waals surface area contributed by atoms with Crippen molar-refractivity contribution >= 4 is 11.7 Å². The molecule has 1 amide bonds. The minimum absolute atomic E-state index is 0.0121. The Kier molecular flexibility index (Phi) is 5.17. The summed E-state index contributed by atoms with van der Waals surface area (Å²) in [4.78, 5) is 25.5. The summed E-state index contributed by atoms with van der Waals surface area (Å²) in [7, 11) is 0. The maximum atomic E-state index is 13.1. The summed E-state index contributed by atoms with van der Waals surface area (Å²) >= 11 is 0. The van der Waals surface area contributed by atoms with E-state index in [4.69, 9.17) is 0 Å². The lowest BCUT2D eigenvalue weighted by atomic mass is 9.73. The highest BCUT2D eigenvalue weighted by Crippen LogP contribution is 2.42. The average Bonchev–Trinajstić information content (AvgIpc) is 2.73. The van der Waals surface area contributed by atoms with Gasteiger partial charge in [-0.25, -0.2) is 0 Å². The molecule has 0 radical (unpaired) electrons. The molecule has 0 saturated carbocycles. The van der Waals surface area contributed by atoms with Gasteiger partial charge in [0.25, 0.3) is 0 Å². The summed E-state index contributed by atoms with van der Waals surface area (Å²) < 4.78 is 0. The number of carbonyl (C=O) groups is 2. The molecule has 0 spiro atoms. The van der Waals surface area contributed by atoms with Gasteiger partial charge in [0, 0.05) is 30.0 Å². The van der Waals surface area contributed by atoms with Crippen molar-refractivity contribution in [2.75, 3.05) is 0 Å². The van der Waals surface area contributed by atoms with Crippen LogP contribution in [0.1, 0.15) is 67.2 Å². The number of carbonyl (C=O) groups excluding carboxylic acids is 2. The molecule has 1 aliphatic heterocycles. The lowest BCUT2D eigenvalue weighted by Crippen LogP contribution is -2.38. The first-order valence-corrected chi connectivity index (χ1v) is 10.3. The van der Waals surface area contributed by atoms with Crippen molar-refractivity contribution in [3.63, 3.8) is 0 Å². The first kappa shape index (κ1) is 18.7. The summed E-state index contributed by atoms with van der Waals surface area (Å²) in [6.45, 7) is 4.27. The molecule has 0 fully saturated rings. The molecule has 28 heavy (non-hydrogen) atoms. The first-order chi connectivity index (χ1) is 13.6. The molecule has 2 aromatic carbocycles. The third kappa shape index (κ3) is 3.54. The molecule has 1 aliphatic carbocycles. The van der Waals surface area contributed by atoms with Gasteiger partial charge in [0.2, 0.25) is 5.91 Å². The van der Waals surface area contributed by atoms with Gasteiger partial charge in [0.05, 0.1) is 0 Å². The third-order valence-corrected chi connectivity index (χ3v) is 6.19. The highest BCUT2D eigenvalue weighted by Gasteiger charge is 2.38. The van der Waals surface area contributed by atoms with Gasteiger partial charge in [-0.2, -0.15) is 0 Å². The normalized spacial score (nSPS) is 22.1. The average molecular weight is 373 g/mol. The van der Waals surface area contributed by atoms with E-state index >= 15 is 0 Å². The fourth-order valence-corrected chi connectivity index (χ4v) is 4.49. The summed E-state index contributed by atoms with van der Waals surface area (Å²) in [5, 5.41) is 3.01. The van der Waals surface area contributed by atoms with Crippen LogP contribution in [0, 0.1) is 0 Å². The SMILES string of the molecule is CCc1ccc(C2CC(=O)C3=C(C2)NC(=O)CC3c2ccc(CC)cc2)cc1. The maximum Gasteiger partial charge on any atom is 0.225 e. The number of ketones is 1. The van der Waals surface area contributed by atoms with Crippen LogP contribution in [-0.2, 0) is 22.4 Å². The zero-order valence-corrected chi connectivity index (χ0v) is 16.6. The van der Waals surface area contributed by atoms with Crippen molar-refractivity contribution in [3.05, 3.63) is 82.1 Å². The van der Waals surface area contributed by atoms with E-state index in [0.29, 0.717) is 12.8 Å². The summed E-state index contributed by atoms with van der Waals surface area (Å²) in [6.07, 6.45) is 3.59. The van der Waals surface area contributed by atoms with E-state index in [9.17, 15) is 9.59 Å². The Hall–Kier alpha value is -2.68. The van der Waals surface area contributed by atoms with Crippen molar-refractivity contribution in [3.8, 4) is 0 Å². The van der Waals surface area contributed by atoms with Crippen molar-refractivity contribution in [1.82, 2.24) is 5.32 Å². The molecule has 2 atom stereocenters. The Morgan fingerprint density at radius 2 is 1.36 bits per heavy atom. The van der Waals surface area contributed by atoms with E-state index < -0.39 is 0 Å². The lowest BCUT2D eigenvalue weighted by Gasteiger charge is -2.34. The number of rotatable bonds is 4. The summed E-state index contributed by atoms with van der Waals surface area (Å²) in [5.41, 5.74) is 6.47. The van der Waals surface area contributed by atoms with Crippen LogP contribution in [-0.4, -0.2) is 11.7 Å². The molecular weight excluding hydrogens is 346 g/mol. The lowest BCUT2D eigenvalue weighted by molar-refractivity contribution is -0.122. The number of allylic oxidation sites excluding steroid dienone is 2. The Balaban J connectivity index is 1.65. The zero-order chi connectivity index (χ0) is 19.7. The Bertz CT molecular complexity index is 922. The van der Waals surface area contributed by atoms with Gasteiger partial charge in [-0.05, 0) is 47.4 Å². The first-order valence-electron chi connectivity index (χ1n) is 10.3. The van der Waals surface area contributed by atoms with Crippen LogP contribution in [0.5, 0.6) is 0 Å². The van der Waals surface area contributed by atoms with Gasteiger partial charge in [-0.15, -0.1) is 0 Å². The van der Waals surface area contributed by atoms with E-state index in [0.717, 1.165) is 36.1 Å². The van der Waals surface area contributed by atoms with Crippen LogP contribution in [0.2, 0.25) is 0 Å². The van der Waals surface area contributed by atoms with Gasteiger partial charge < -0.3 is 5.32 Å². The van der Waals surface area contributed by atoms with Crippen molar-refractivity contribution in [2.45, 2.75) is 57.8 Å². The number of nitrogens with one attached hydrogen (secondary N) is 1. The number of amides is 1. The number of hydrogen-bond acceptors (Lipinski definition) is 2. The molecule has 1 heterocycles. The molecule has 0 aromatic heterocycles. The van der Waals surface area contributed by atoms with Crippen molar-refractivity contribution in [1.29, 1.82) is 0 Å². The Labute approximate surface area is 166 Å². The topological polar surface area (TPSA) is 46.2 Å². The monoisotopic (exact) mass is 373 g/mol. The van der Waals surface area contributed by atoms with Crippen LogP contribution >= 0.6 is 0 Å². The number of benzene rings is 2. The van der Waals surface area contributed by atoms with Gasteiger partial charge in [-0.1, -0.05) is 62.4 Å². The Morgan fingerprint density at radius 1 is 0.786 bits per heavy atom. The molecule has 0 bridgehead atoms. The molecular formula is C25H27NO2. The molecule has 0 saturated heterocycles. The second kappa shape index (κ2) is 7.75. The third-order valence-electron chi connectivity index (χ3n) is 6.19. The molecule has 144 valence electrons. The van der Waals surface area contributed by atoms with Crippen molar-refractivity contribution < 1.29 is 9.59 Å². The maximum absolute atomic E-state index is 13.1. The Morgan fingerprint density at radius 3 is 1.93 bits per heavy atom. The van der Waals surface area contributed by atoms with E-state index in [2.05, 4.69) is 67.7 Å². The van der Waals surface area contributed by atoms with Gasteiger partial charge in [0.1, 0.15) is 0 Å². The quantitative estimate of drug-likeness (QED) is 0.835. The number of aryl methyl sites for hydroxylation is 2. The van der Waals surface area contributed by atoms with E-state index in [1.54, 1.807) is 0 Å². The molecule has 3 heteroatoms. The standard InChI is InChI=1S/C25H27NO2/c1-3-16-5-9-18(10-6-16)20-13-22-25(23(27)14-20)21(15-24(28)26-22)19-11-7-17(4-2)8-12-19/h5-12,20-21H,3-4,13-15H2,1-2H3,(H,26,28). The zero-order valence-electron chi connectivity index (χ0n) is 16.6. The fourth-order valence-electron chi connectivity index (χ4n) is 4.49. The summed E-state index contributed by atoms with van der Waals surface area (Å²) in [5.74, 6) is 0.206. The van der Waals surface area contributed by atoms with Crippen LogP contribution in [0.15, 0.2) is 59.8 Å². The predicted molar refractivity (Wildman–Crippen MR) is 111 cm³/mol. The smallest absolute Gasteiger partial charge is 0.225 e. The highest BCUT2D eigenvalue weighted by molar-refractivity contribution is 6.02. The minimum atomic E-state index is -0.120. The van der Waals surface area contributed by atoms with Gasteiger partial charge in [-0.3, -0.25) is 9.59 Å². The second-order valence-electron chi connectivity index (χ2n) is 7.92. The number of hydrogen-bond donors (Lipinski definition) is 1. The molecule has 2 unspecified atom stereocenters. The highest BCUT2D eigenvalue weighted by atomic mass is 16.2. The van der Waals surface area contributed by atoms with Crippen LogP contribution < -0.4 is 5.32 Å². The second-order valence-corrected chi connectivity index (χ2v) is 7.92. The number of Topliss-reactive ketones (excluding diaryl/α,β-unsaturated/α-hetero) is 1. The molecule has 3 nitrogen and oxygen atoms in total. The van der Waals surface area contributed by atoms with E-state index in [-0.39, 0.29) is 23.5 Å². The summed E-state index contributed by atoms with van der Waals surface area (Å²) in [6, 6.07) is 16.9. The minimum Gasteiger partial charge on any atom is -0.329 e. The van der Waals surface area contributed by atoms with Crippen molar-refractivity contribution in [2.24, 2.45) is 0 Å².